The third-order valence-corrected chi connectivity index (χ3v) is 3.86. The minimum absolute atomic E-state index is 0.264. The van der Waals surface area contributed by atoms with E-state index in [2.05, 4.69) is 12.1 Å². The van der Waals surface area contributed by atoms with Crippen molar-refractivity contribution in [2.45, 2.75) is 44.8 Å². The summed E-state index contributed by atoms with van der Waals surface area (Å²) < 4.78 is 5.66. The number of hydrogen-bond acceptors (Lipinski definition) is 3. The van der Waals surface area contributed by atoms with Crippen molar-refractivity contribution in [1.29, 1.82) is 0 Å². The van der Waals surface area contributed by atoms with Crippen molar-refractivity contribution in [3.8, 4) is 5.75 Å². The highest BCUT2D eigenvalue weighted by Crippen LogP contribution is 2.22. The monoisotopic (exact) mass is 314 g/mol. The first-order valence-corrected chi connectivity index (χ1v) is 8.32. The summed E-state index contributed by atoms with van der Waals surface area (Å²) in [5.41, 5.74) is 2.08. The lowest BCUT2D eigenvalue weighted by atomic mass is 10.1. The van der Waals surface area contributed by atoms with Gasteiger partial charge in [-0.2, -0.15) is 0 Å². The zero-order chi connectivity index (χ0) is 16.5. The molecular weight excluding hydrogens is 288 g/mol. The number of ether oxygens (including phenoxy) is 1. The van der Waals surface area contributed by atoms with E-state index in [0.717, 1.165) is 24.8 Å². The summed E-state index contributed by atoms with van der Waals surface area (Å²) in [7, 11) is 0. The summed E-state index contributed by atoms with van der Waals surface area (Å²) in [4.78, 5) is 0. The van der Waals surface area contributed by atoms with Gasteiger partial charge in [-0.05, 0) is 42.5 Å². The van der Waals surface area contributed by atoms with Crippen LogP contribution in [-0.4, -0.2) is 22.9 Å². The summed E-state index contributed by atoms with van der Waals surface area (Å²) in [5.74, 6) is 0.691. The second-order valence-corrected chi connectivity index (χ2v) is 5.87. The normalized spacial score (nSPS) is 13.5. The molecule has 2 aromatic rings. The number of aliphatic hydroxyl groups excluding tert-OH is 2. The SMILES string of the molecule is CCCC(O)c1cccc(OCC(O)CCc2ccccc2)c1. The molecule has 2 aromatic carbocycles. The highest BCUT2D eigenvalue weighted by molar-refractivity contribution is 5.29. The standard InChI is InChI=1S/C20H26O3/c1-2-7-20(22)17-10-6-11-19(14-17)23-15-18(21)13-12-16-8-4-3-5-9-16/h3-6,8-11,14,18,20-22H,2,7,12-13,15H2,1H3. The number of benzene rings is 2. The first-order valence-electron chi connectivity index (χ1n) is 8.32. The molecule has 3 heteroatoms. The van der Waals surface area contributed by atoms with E-state index in [9.17, 15) is 10.2 Å². The van der Waals surface area contributed by atoms with Crippen LogP contribution in [0.5, 0.6) is 5.75 Å². The van der Waals surface area contributed by atoms with Crippen LogP contribution in [0.3, 0.4) is 0 Å². The van der Waals surface area contributed by atoms with Gasteiger partial charge in [0.1, 0.15) is 12.4 Å². The number of rotatable bonds is 9. The predicted octanol–water partition coefficient (Wildman–Crippen LogP) is 3.89. The molecule has 0 aliphatic carbocycles. The van der Waals surface area contributed by atoms with Gasteiger partial charge in [-0.3, -0.25) is 0 Å². The molecule has 0 radical (unpaired) electrons. The Hall–Kier alpha value is -1.84. The van der Waals surface area contributed by atoms with Gasteiger partial charge in [-0.15, -0.1) is 0 Å². The van der Waals surface area contributed by atoms with Crippen LogP contribution in [0.4, 0.5) is 0 Å². The van der Waals surface area contributed by atoms with Crippen molar-refractivity contribution < 1.29 is 14.9 Å². The highest BCUT2D eigenvalue weighted by atomic mass is 16.5. The summed E-state index contributed by atoms with van der Waals surface area (Å²) in [6, 6.07) is 17.6. The van der Waals surface area contributed by atoms with Gasteiger partial charge in [0.2, 0.25) is 0 Å². The number of hydrogen-bond donors (Lipinski definition) is 2. The lowest BCUT2D eigenvalue weighted by molar-refractivity contribution is 0.0999. The van der Waals surface area contributed by atoms with E-state index in [-0.39, 0.29) is 6.61 Å². The molecule has 2 unspecified atom stereocenters. The lowest BCUT2D eigenvalue weighted by Gasteiger charge is -2.14. The van der Waals surface area contributed by atoms with Crippen LogP contribution >= 0.6 is 0 Å². The molecule has 0 aromatic heterocycles. The Kier molecular flexibility index (Phi) is 7.11. The molecule has 0 saturated carbocycles. The molecule has 23 heavy (non-hydrogen) atoms. The third-order valence-electron chi connectivity index (χ3n) is 3.86. The van der Waals surface area contributed by atoms with E-state index in [1.165, 1.54) is 5.56 Å². The average molecular weight is 314 g/mol. The first kappa shape index (κ1) is 17.5. The molecule has 3 nitrogen and oxygen atoms in total. The van der Waals surface area contributed by atoms with E-state index < -0.39 is 12.2 Å². The second-order valence-electron chi connectivity index (χ2n) is 5.87. The fraction of sp³-hybridized carbons (Fsp3) is 0.400. The van der Waals surface area contributed by atoms with Crippen molar-refractivity contribution in [2.75, 3.05) is 6.61 Å². The molecule has 0 heterocycles. The van der Waals surface area contributed by atoms with Gasteiger partial charge >= 0.3 is 0 Å². The maximum atomic E-state index is 10.1. The molecule has 0 bridgehead atoms. The molecule has 0 aliphatic rings. The summed E-state index contributed by atoms with van der Waals surface area (Å²) in [5, 5.41) is 20.1. The molecule has 0 amide bonds. The zero-order valence-corrected chi connectivity index (χ0v) is 13.7. The van der Waals surface area contributed by atoms with Gasteiger partial charge in [0.15, 0.2) is 0 Å². The van der Waals surface area contributed by atoms with Crippen molar-refractivity contribution in [2.24, 2.45) is 0 Å². The van der Waals surface area contributed by atoms with E-state index in [1.807, 2.05) is 49.4 Å². The average Bonchev–Trinajstić information content (AvgIpc) is 2.59. The lowest BCUT2D eigenvalue weighted by Crippen LogP contribution is -2.18. The maximum absolute atomic E-state index is 10.1. The summed E-state index contributed by atoms with van der Waals surface area (Å²) in [6.07, 6.45) is 2.22. The topological polar surface area (TPSA) is 49.7 Å². The van der Waals surface area contributed by atoms with Crippen LogP contribution in [0.1, 0.15) is 43.4 Å². The van der Waals surface area contributed by atoms with E-state index in [4.69, 9.17) is 4.74 Å². The molecule has 0 spiro atoms. The Bertz CT molecular complexity index is 568. The molecule has 0 saturated heterocycles. The molecule has 124 valence electrons. The van der Waals surface area contributed by atoms with Gasteiger partial charge in [0.05, 0.1) is 12.2 Å². The van der Waals surface area contributed by atoms with Crippen LogP contribution in [-0.2, 0) is 6.42 Å². The maximum Gasteiger partial charge on any atom is 0.119 e. The molecular formula is C20H26O3. The van der Waals surface area contributed by atoms with Crippen molar-refractivity contribution >= 4 is 0 Å². The number of aliphatic hydroxyl groups is 2. The van der Waals surface area contributed by atoms with Crippen LogP contribution in [0.25, 0.3) is 0 Å². The molecule has 0 aliphatic heterocycles. The summed E-state index contributed by atoms with van der Waals surface area (Å²) >= 11 is 0. The van der Waals surface area contributed by atoms with Gasteiger partial charge in [0, 0.05) is 0 Å². The second kappa shape index (κ2) is 9.33. The van der Waals surface area contributed by atoms with Crippen LogP contribution in [0.2, 0.25) is 0 Å². The van der Waals surface area contributed by atoms with E-state index >= 15 is 0 Å². The smallest absolute Gasteiger partial charge is 0.119 e. The fourth-order valence-corrected chi connectivity index (χ4v) is 2.51. The predicted molar refractivity (Wildman–Crippen MR) is 92.6 cm³/mol. The van der Waals surface area contributed by atoms with Crippen molar-refractivity contribution in [3.05, 3.63) is 65.7 Å². The van der Waals surface area contributed by atoms with E-state index in [0.29, 0.717) is 12.2 Å². The Morgan fingerprint density at radius 3 is 2.48 bits per heavy atom. The Morgan fingerprint density at radius 1 is 0.957 bits per heavy atom. The molecule has 2 rings (SSSR count). The van der Waals surface area contributed by atoms with Crippen LogP contribution in [0, 0.1) is 0 Å². The van der Waals surface area contributed by atoms with Gasteiger partial charge < -0.3 is 14.9 Å². The Balaban J connectivity index is 1.79. The third kappa shape index (κ3) is 6.05. The van der Waals surface area contributed by atoms with Gasteiger partial charge in [0.25, 0.3) is 0 Å². The summed E-state index contributed by atoms with van der Waals surface area (Å²) in [6.45, 7) is 2.31. The molecule has 0 fully saturated rings. The van der Waals surface area contributed by atoms with E-state index in [1.54, 1.807) is 0 Å². The Labute approximate surface area is 138 Å². The molecule has 2 atom stereocenters. The van der Waals surface area contributed by atoms with Gasteiger partial charge in [-0.1, -0.05) is 55.8 Å². The van der Waals surface area contributed by atoms with Crippen LogP contribution < -0.4 is 4.74 Å². The zero-order valence-electron chi connectivity index (χ0n) is 13.7. The number of aryl methyl sites for hydroxylation is 1. The minimum atomic E-state index is -0.501. The fourth-order valence-electron chi connectivity index (χ4n) is 2.51. The van der Waals surface area contributed by atoms with Crippen molar-refractivity contribution in [1.82, 2.24) is 0 Å². The Morgan fingerprint density at radius 2 is 1.74 bits per heavy atom. The van der Waals surface area contributed by atoms with Crippen molar-refractivity contribution in [3.63, 3.8) is 0 Å². The largest absolute Gasteiger partial charge is 0.491 e. The first-order chi connectivity index (χ1) is 11.2. The van der Waals surface area contributed by atoms with Crippen LogP contribution in [0.15, 0.2) is 54.6 Å². The minimum Gasteiger partial charge on any atom is -0.491 e. The van der Waals surface area contributed by atoms with Gasteiger partial charge in [-0.25, -0.2) is 0 Å². The molecule has 2 N–H and O–H groups in total. The highest BCUT2D eigenvalue weighted by Gasteiger charge is 2.09. The quantitative estimate of drug-likeness (QED) is 0.738.